The summed E-state index contributed by atoms with van der Waals surface area (Å²) >= 11 is 0. The predicted octanol–water partition coefficient (Wildman–Crippen LogP) is 8.35. The number of furan rings is 1. The molecule has 0 fully saturated rings. The van der Waals surface area contributed by atoms with Gasteiger partial charge in [-0.25, -0.2) is 0 Å². The lowest BCUT2D eigenvalue weighted by atomic mass is 10.0. The standard InChI is InChI=1S/C30H19NO/c1-3-10-21(11-4-1)28-19-25-27(32-28)18-16-24-29-23-14-8-7-9-20(23)15-17-26(29)31(30(24)25)22-12-5-2-6-13-22/h1-19H. The van der Waals surface area contributed by atoms with E-state index in [2.05, 4.69) is 102 Å². The zero-order valence-electron chi connectivity index (χ0n) is 17.3. The Morgan fingerprint density at radius 1 is 0.562 bits per heavy atom. The van der Waals surface area contributed by atoms with Gasteiger partial charge in [-0.2, -0.15) is 0 Å². The van der Waals surface area contributed by atoms with Gasteiger partial charge in [-0.05, 0) is 47.2 Å². The minimum atomic E-state index is 0.892. The van der Waals surface area contributed by atoms with Crippen molar-refractivity contribution in [2.24, 2.45) is 0 Å². The third-order valence-electron chi connectivity index (χ3n) is 6.39. The molecule has 0 saturated heterocycles. The maximum atomic E-state index is 6.32. The predicted molar refractivity (Wildman–Crippen MR) is 133 cm³/mol. The van der Waals surface area contributed by atoms with Gasteiger partial charge in [0.1, 0.15) is 11.3 Å². The van der Waals surface area contributed by atoms with E-state index < -0.39 is 0 Å². The number of nitrogens with zero attached hydrogens (tertiary/aromatic N) is 1. The lowest BCUT2D eigenvalue weighted by Gasteiger charge is -2.08. The first kappa shape index (κ1) is 17.4. The largest absolute Gasteiger partial charge is 0.456 e. The summed E-state index contributed by atoms with van der Waals surface area (Å²) < 4.78 is 8.70. The van der Waals surface area contributed by atoms with Crippen LogP contribution in [0.15, 0.2) is 120 Å². The summed E-state index contributed by atoms with van der Waals surface area (Å²) in [7, 11) is 0. The number of hydrogen-bond donors (Lipinski definition) is 0. The molecule has 0 N–H and O–H groups in total. The Hall–Kier alpha value is -4.30. The smallest absolute Gasteiger partial charge is 0.136 e. The van der Waals surface area contributed by atoms with Gasteiger partial charge in [-0.15, -0.1) is 0 Å². The fraction of sp³-hybridized carbons (Fsp3) is 0. The zero-order valence-corrected chi connectivity index (χ0v) is 17.3. The van der Waals surface area contributed by atoms with E-state index in [1.165, 1.54) is 32.6 Å². The van der Waals surface area contributed by atoms with Crippen LogP contribution in [-0.4, -0.2) is 4.57 Å². The van der Waals surface area contributed by atoms with Gasteiger partial charge in [0.25, 0.3) is 0 Å². The van der Waals surface area contributed by atoms with E-state index in [0.717, 1.165) is 28.0 Å². The van der Waals surface area contributed by atoms with Gasteiger partial charge in [0.15, 0.2) is 0 Å². The van der Waals surface area contributed by atoms with E-state index >= 15 is 0 Å². The highest BCUT2D eigenvalue weighted by Gasteiger charge is 2.19. The highest BCUT2D eigenvalue weighted by molar-refractivity contribution is 6.25. The number of para-hydroxylation sites is 1. The van der Waals surface area contributed by atoms with Crippen molar-refractivity contribution in [1.29, 1.82) is 0 Å². The quantitative estimate of drug-likeness (QED) is 0.280. The number of rotatable bonds is 2. The molecular formula is C30H19NO. The van der Waals surface area contributed by atoms with Crippen LogP contribution in [0.1, 0.15) is 0 Å². The average molecular weight is 409 g/mol. The molecule has 32 heavy (non-hydrogen) atoms. The molecule has 2 aromatic heterocycles. The first-order valence-electron chi connectivity index (χ1n) is 10.9. The molecule has 150 valence electrons. The van der Waals surface area contributed by atoms with Crippen LogP contribution in [-0.2, 0) is 0 Å². The van der Waals surface area contributed by atoms with Crippen LogP contribution in [0.25, 0.3) is 60.6 Å². The molecule has 0 bridgehead atoms. The topological polar surface area (TPSA) is 18.1 Å². The van der Waals surface area contributed by atoms with Gasteiger partial charge < -0.3 is 8.98 Å². The zero-order chi connectivity index (χ0) is 21.1. The van der Waals surface area contributed by atoms with Crippen molar-refractivity contribution >= 4 is 43.5 Å². The Morgan fingerprint density at radius 3 is 2.16 bits per heavy atom. The minimum absolute atomic E-state index is 0.892. The summed E-state index contributed by atoms with van der Waals surface area (Å²) in [6.45, 7) is 0. The molecule has 7 aromatic rings. The molecule has 0 unspecified atom stereocenters. The van der Waals surface area contributed by atoms with Crippen molar-refractivity contribution in [2.45, 2.75) is 0 Å². The third-order valence-corrected chi connectivity index (χ3v) is 6.39. The van der Waals surface area contributed by atoms with Crippen molar-refractivity contribution < 1.29 is 4.42 Å². The lowest BCUT2D eigenvalue weighted by Crippen LogP contribution is -1.93. The van der Waals surface area contributed by atoms with Crippen molar-refractivity contribution in [3.8, 4) is 17.0 Å². The fourth-order valence-corrected chi connectivity index (χ4v) is 4.98. The van der Waals surface area contributed by atoms with Crippen LogP contribution in [0.4, 0.5) is 0 Å². The van der Waals surface area contributed by atoms with Gasteiger partial charge in [0.2, 0.25) is 0 Å². The van der Waals surface area contributed by atoms with Crippen LogP contribution in [0.2, 0.25) is 0 Å². The molecular weight excluding hydrogens is 390 g/mol. The Labute approximate surface area is 184 Å². The second kappa shape index (κ2) is 6.60. The molecule has 0 aliphatic rings. The number of aromatic nitrogens is 1. The molecule has 0 spiro atoms. The van der Waals surface area contributed by atoms with Crippen LogP contribution >= 0.6 is 0 Å². The van der Waals surface area contributed by atoms with Gasteiger partial charge in [-0.1, -0.05) is 78.9 Å². The second-order valence-corrected chi connectivity index (χ2v) is 8.20. The van der Waals surface area contributed by atoms with E-state index in [0.29, 0.717) is 0 Å². The molecule has 0 saturated carbocycles. The maximum absolute atomic E-state index is 6.32. The van der Waals surface area contributed by atoms with E-state index in [9.17, 15) is 0 Å². The molecule has 0 atom stereocenters. The second-order valence-electron chi connectivity index (χ2n) is 8.20. The fourth-order valence-electron chi connectivity index (χ4n) is 4.98. The highest BCUT2D eigenvalue weighted by atomic mass is 16.3. The van der Waals surface area contributed by atoms with Gasteiger partial charge in [0.05, 0.1) is 11.0 Å². The van der Waals surface area contributed by atoms with Gasteiger partial charge in [-0.3, -0.25) is 0 Å². The number of fused-ring (bicyclic) bond motifs is 7. The van der Waals surface area contributed by atoms with Crippen molar-refractivity contribution in [2.75, 3.05) is 0 Å². The Balaban J connectivity index is 1.69. The van der Waals surface area contributed by atoms with E-state index in [1.54, 1.807) is 0 Å². The highest BCUT2D eigenvalue weighted by Crippen LogP contribution is 2.41. The maximum Gasteiger partial charge on any atom is 0.136 e. The summed E-state index contributed by atoms with van der Waals surface area (Å²) in [5.74, 6) is 0.892. The van der Waals surface area contributed by atoms with Gasteiger partial charge >= 0.3 is 0 Å². The van der Waals surface area contributed by atoms with E-state index in [1.807, 2.05) is 18.2 Å². The van der Waals surface area contributed by atoms with Crippen LogP contribution in [0.3, 0.4) is 0 Å². The summed E-state index contributed by atoms with van der Waals surface area (Å²) in [4.78, 5) is 0. The summed E-state index contributed by atoms with van der Waals surface area (Å²) in [6.07, 6.45) is 0. The summed E-state index contributed by atoms with van der Waals surface area (Å²) in [6, 6.07) is 40.5. The number of benzene rings is 5. The minimum Gasteiger partial charge on any atom is -0.456 e. The Bertz CT molecular complexity index is 1760. The molecule has 2 heteroatoms. The van der Waals surface area contributed by atoms with Crippen LogP contribution in [0, 0.1) is 0 Å². The normalized spacial score (nSPS) is 11.8. The van der Waals surface area contributed by atoms with Crippen LogP contribution < -0.4 is 0 Å². The SMILES string of the molecule is c1ccc(-c2cc3c(ccc4c5c6ccccc6ccc5n(-c5ccccc5)c34)o2)cc1. The summed E-state index contributed by atoms with van der Waals surface area (Å²) in [5, 5.41) is 6.19. The molecule has 2 heterocycles. The summed E-state index contributed by atoms with van der Waals surface area (Å²) in [5.41, 5.74) is 5.54. The molecule has 0 aliphatic heterocycles. The molecule has 0 aliphatic carbocycles. The average Bonchev–Trinajstić information content (AvgIpc) is 3.44. The monoisotopic (exact) mass is 409 g/mol. The number of hydrogen-bond acceptors (Lipinski definition) is 1. The lowest BCUT2D eigenvalue weighted by molar-refractivity contribution is 0.632. The van der Waals surface area contributed by atoms with Crippen molar-refractivity contribution in [3.63, 3.8) is 0 Å². The van der Waals surface area contributed by atoms with Crippen LogP contribution in [0.5, 0.6) is 0 Å². The van der Waals surface area contributed by atoms with Gasteiger partial charge in [0, 0.05) is 27.4 Å². The molecule has 7 rings (SSSR count). The van der Waals surface area contributed by atoms with E-state index in [4.69, 9.17) is 4.42 Å². The molecule has 5 aromatic carbocycles. The van der Waals surface area contributed by atoms with Crippen molar-refractivity contribution in [3.05, 3.63) is 115 Å². The first-order chi connectivity index (χ1) is 15.9. The first-order valence-corrected chi connectivity index (χ1v) is 10.9. The third kappa shape index (κ3) is 2.41. The Morgan fingerprint density at radius 2 is 1.31 bits per heavy atom. The molecule has 0 radical (unpaired) electrons. The molecule has 0 amide bonds. The molecule has 2 nitrogen and oxygen atoms in total. The Kier molecular flexibility index (Phi) is 3.58. The van der Waals surface area contributed by atoms with E-state index in [-0.39, 0.29) is 0 Å². The van der Waals surface area contributed by atoms with Crippen molar-refractivity contribution in [1.82, 2.24) is 4.57 Å².